The molecule has 0 saturated carbocycles. The number of aromatic nitrogens is 2. The molecule has 0 atom stereocenters. The smallest absolute Gasteiger partial charge is 0.294 e. The van der Waals surface area contributed by atoms with Crippen molar-refractivity contribution in [1.82, 2.24) is 0 Å². The molecule has 2 aromatic carbocycles. The minimum atomic E-state index is -4.02. The lowest BCUT2D eigenvalue weighted by molar-refractivity contribution is -0.697. The Balaban J connectivity index is 0.000000875. The van der Waals surface area contributed by atoms with Crippen LogP contribution in [0.3, 0.4) is 0 Å². The van der Waals surface area contributed by atoms with Crippen molar-refractivity contribution >= 4 is 28.0 Å². The molecule has 2 aromatic heterocycles. The van der Waals surface area contributed by atoms with Crippen molar-refractivity contribution in [2.45, 2.75) is 309 Å². The normalized spacial score (nSPS) is 11.4. The first-order chi connectivity index (χ1) is 39.6. The number of hydrogen-bond acceptors (Lipinski definition) is 3. The molecule has 1 N–H and O–H groups in total. The van der Waals surface area contributed by atoms with Gasteiger partial charge in [0.25, 0.3) is 10.1 Å². The third-order valence-electron chi connectivity index (χ3n) is 15.9. The van der Waals surface area contributed by atoms with E-state index in [0.29, 0.717) is 5.56 Å². The minimum Gasteiger partial charge on any atom is -0.371 e. The summed E-state index contributed by atoms with van der Waals surface area (Å²) in [7, 11) is -4.02. The highest BCUT2D eigenvalue weighted by molar-refractivity contribution is 7.85. The largest absolute Gasteiger partial charge is 0.371 e. The van der Waals surface area contributed by atoms with Crippen molar-refractivity contribution in [3.05, 3.63) is 120 Å². The van der Waals surface area contributed by atoms with E-state index >= 15 is 4.39 Å². The number of nitrogens with zero attached hydrogens (tertiary/aromatic N) is 3. The van der Waals surface area contributed by atoms with Gasteiger partial charge >= 0.3 is 0 Å². The summed E-state index contributed by atoms with van der Waals surface area (Å²) in [6, 6.07) is 22.4. The first-order valence-corrected chi connectivity index (χ1v) is 35.2. The van der Waals surface area contributed by atoms with Gasteiger partial charge in [0.2, 0.25) is 0 Å². The van der Waals surface area contributed by atoms with E-state index in [1.807, 2.05) is 31.2 Å². The van der Waals surface area contributed by atoms with Crippen molar-refractivity contribution in [1.29, 1.82) is 0 Å². The molecule has 81 heavy (non-hydrogen) atoms. The number of unbranched alkanes of at least 4 members (excludes halogenated alkanes) is 36. The summed E-state index contributed by atoms with van der Waals surface area (Å²) in [6.45, 7) is 15.2. The molecule has 4 aromatic rings. The maximum absolute atomic E-state index is 15.5. The van der Waals surface area contributed by atoms with Crippen LogP contribution in [0.2, 0.25) is 0 Å². The standard InChI is InChI=1S/C57H100FN2.C9H14N.C7H8O3S/c1-4-7-10-12-14-16-18-20-22-24-26-28-30-32-34-36-38-40-49-60(50-41-39-37-35-33-31-29-27-25-23-21-19-17-15-13-11-8-5-2)56-45-44-55(57(58)53-56)43-42-54-46-51-59(52-47-54)48-9-6-3;1-2-3-7-10-8-5-4-6-9-10;1-6-2-4-7(5-3-6)11(8,9)10/h42-47,51-53H,4-41,48-50H2,1-3H3;4-6,8-9H,2-3,7H2,1H3;2-5H,1H3,(H,8,9,10)/q2*+1;. The van der Waals surface area contributed by atoms with Crippen LogP contribution in [0.25, 0.3) is 12.2 Å². The third kappa shape index (κ3) is 41.7. The van der Waals surface area contributed by atoms with Crippen molar-refractivity contribution < 1.29 is 26.5 Å². The SMILES string of the molecule is CCCCCCCCCCCCCCCCCCCCN(CCCCCCCCCCCCCCCCCCCC)c1ccc(C=Cc2cc[n+](CCCC)cc2)c(F)c1.CCCC[n+]1ccccc1.Cc1ccc(S(=O)(=O)O)cc1. The van der Waals surface area contributed by atoms with Crippen molar-refractivity contribution in [3.8, 4) is 0 Å². The van der Waals surface area contributed by atoms with E-state index in [1.165, 1.54) is 269 Å². The highest BCUT2D eigenvalue weighted by Gasteiger charge is 2.11. The Labute approximate surface area is 499 Å². The monoisotopic (exact) mass is 1140 g/mol. The predicted octanol–water partition coefficient (Wildman–Crippen LogP) is 22.0. The molecule has 0 aliphatic carbocycles. The molecular formula is C73H122FN3O3S+2. The quantitative estimate of drug-likeness (QED) is 0.0272. The summed E-state index contributed by atoms with van der Waals surface area (Å²) >= 11 is 0. The van der Waals surface area contributed by atoms with Crippen LogP contribution < -0.4 is 14.0 Å². The van der Waals surface area contributed by atoms with E-state index in [-0.39, 0.29) is 10.7 Å². The summed E-state index contributed by atoms with van der Waals surface area (Å²) in [5, 5.41) is 0. The van der Waals surface area contributed by atoms with E-state index in [1.54, 1.807) is 18.2 Å². The number of anilines is 1. The average molecular weight is 1140 g/mol. The third-order valence-corrected chi connectivity index (χ3v) is 16.8. The number of aryl methyl sites for hydroxylation is 3. The predicted molar refractivity (Wildman–Crippen MR) is 349 cm³/mol. The molecule has 2 heterocycles. The van der Waals surface area contributed by atoms with Crippen LogP contribution in [0.15, 0.2) is 102 Å². The molecule has 0 fully saturated rings. The Hall–Kier alpha value is -3.88. The second-order valence-electron chi connectivity index (χ2n) is 23.5. The molecule has 0 aliphatic heterocycles. The molecule has 0 aliphatic rings. The van der Waals surface area contributed by atoms with Gasteiger partial charge in [0.15, 0.2) is 24.8 Å². The van der Waals surface area contributed by atoms with Crippen LogP contribution in [0.4, 0.5) is 10.1 Å². The summed E-state index contributed by atoms with van der Waals surface area (Å²) < 4.78 is 49.5. The lowest BCUT2D eigenvalue weighted by Crippen LogP contribution is -2.32. The van der Waals surface area contributed by atoms with E-state index in [2.05, 4.69) is 96.8 Å². The average Bonchev–Trinajstić information content (AvgIpc) is 3.47. The fourth-order valence-electron chi connectivity index (χ4n) is 10.5. The zero-order chi connectivity index (χ0) is 58.5. The zero-order valence-corrected chi connectivity index (χ0v) is 53.7. The van der Waals surface area contributed by atoms with Crippen LogP contribution in [0, 0.1) is 12.7 Å². The lowest BCUT2D eigenvalue weighted by Gasteiger charge is -2.25. The Morgan fingerprint density at radius 3 is 1.11 bits per heavy atom. The van der Waals surface area contributed by atoms with Crippen molar-refractivity contribution in [2.75, 3.05) is 18.0 Å². The Kier molecular flexibility index (Phi) is 46.8. The van der Waals surface area contributed by atoms with Gasteiger partial charge in [-0.3, -0.25) is 4.55 Å². The topological polar surface area (TPSA) is 65.4 Å². The van der Waals surface area contributed by atoms with Gasteiger partial charge in [0, 0.05) is 61.4 Å². The Bertz CT molecular complexity index is 2110. The fraction of sp³-hybridized carbons (Fsp3) is 0.671. The maximum atomic E-state index is 15.5. The van der Waals surface area contributed by atoms with E-state index in [0.717, 1.165) is 43.0 Å². The molecule has 0 unspecified atom stereocenters. The van der Waals surface area contributed by atoms with Crippen molar-refractivity contribution in [3.63, 3.8) is 0 Å². The second-order valence-corrected chi connectivity index (χ2v) is 24.9. The van der Waals surface area contributed by atoms with Gasteiger partial charge in [-0.25, -0.2) is 13.5 Å². The fourth-order valence-corrected chi connectivity index (χ4v) is 11.0. The van der Waals surface area contributed by atoms with E-state index in [9.17, 15) is 8.42 Å². The molecule has 6 nitrogen and oxygen atoms in total. The highest BCUT2D eigenvalue weighted by atomic mass is 32.2. The summed E-state index contributed by atoms with van der Waals surface area (Å²) in [5.74, 6) is -0.113. The molecule has 0 bridgehead atoms. The number of pyridine rings is 2. The molecule has 0 spiro atoms. The van der Waals surface area contributed by atoms with Gasteiger partial charge in [-0.2, -0.15) is 8.42 Å². The van der Waals surface area contributed by atoms with Gasteiger partial charge < -0.3 is 4.90 Å². The van der Waals surface area contributed by atoms with Crippen LogP contribution in [-0.2, 0) is 23.2 Å². The van der Waals surface area contributed by atoms with Crippen molar-refractivity contribution in [2.24, 2.45) is 0 Å². The molecular weight excluding hydrogens is 1020 g/mol. The van der Waals surface area contributed by atoms with Gasteiger partial charge in [-0.05, 0) is 55.7 Å². The van der Waals surface area contributed by atoms with Crippen LogP contribution in [0.1, 0.15) is 301 Å². The van der Waals surface area contributed by atoms with Crippen LogP contribution in [0.5, 0.6) is 0 Å². The first kappa shape index (κ1) is 73.2. The maximum Gasteiger partial charge on any atom is 0.294 e. The number of benzene rings is 2. The number of hydrogen-bond donors (Lipinski definition) is 1. The molecule has 4 rings (SSSR count). The van der Waals surface area contributed by atoms with Gasteiger partial charge in [-0.15, -0.1) is 0 Å². The molecule has 0 saturated heterocycles. The van der Waals surface area contributed by atoms with Gasteiger partial charge in [0.05, 0.1) is 4.90 Å². The summed E-state index contributed by atoms with van der Waals surface area (Å²) in [4.78, 5) is 2.42. The highest BCUT2D eigenvalue weighted by Crippen LogP contribution is 2.24. The Morgan fingerprint density at radius 1 is 0.420 bits per heavy atom. The van der Waals surface area contributed by atoms with Crippen LogP contribution >= 0.6 is 0 Å². The molecule has 0 radical (unpaired) electrons. The van der Waals surface area contributed by atoms with Gasteiger partial charge in [-0.1, -0.05) is 295 Å². The van der Waals surface area contributed by atoms with Crippen LogP contribution in [-0.4, -0.2) is 26.1 Å². The summed E-state index contributed by atoms with van der Waals surface area (Å²) in [5.41, 5.74) is 3.79. The number of halogens is 1. The molecule has 458 valence electrons. The Morgan fingerprint density at radius 2 is 0.765 bits per heavy atom. The van der Waals surface area contributed by atoms with Gasteiger partial charge in [0.1, 0.15) is 18.9 Å². The zero-order valence-electron chi connectivity index (χ0n) is 52.9. The van der Waals surface area contributed by atoms with E-state index < -0.39 is 10.1 Å². The van der Waals surface area contributed by atoms with E-state index in [4.69, 9.17) is 4.55 Å². The lowest BCUT2D eigenvalue weighted by atomic mass is 10.0. The number of rotatable bonds is 48. The molecule has 0 amide bonds. The second kappa shape index (κ2) is 51.7. The summed E-state index contributed by atoms with van der Waals surface area (Å²) in [6.07, 6.45) is 67.8. The first-order valence-electron chi connectivity index (χ1n) is 33.8. The molecule has 8 heteroatoms. The minimum absolute atomic E-state index is 0.0666.